The second kappa shape index (κ2) is 7.95. The summed E-state index contributed by atoms with van der Waals surface area (Å²) in [5.74, 6) is 0.339. The zero-order valence-electron chi connectivity index (χ0n) is 15.2. The Hall–Kier alpha value is -2.97. The van der Waals surface area contributed by atoms with Crippen LogP contribution in [0.1, 0.15) is 27.9 Å². The molecule has 1 saturated heterocycles. The molecule has 0 saturated carbocycles. The summed E-state index contributed by atoms with van der Waals surface area (Å²) in [5.41, 5.74) is 2.51. The van der Waals surface area contributed by atoms with E-state index < -0.39 is 10.9 Å². The summed E-state index contributed by atoms with van der Waals surface area (Å²) >= 11 is 0. The SMILES string of the molecule is O=C(O[C@H]1CCN(CCc2ccc3c(c2)OOC3)C1)c1ccc([N+](=O)[O-])cc1. The van der Waals surface area contributed by atoms with Gasteiger partial charge < -0.3 is 9.62 Å². The van der Waals surface area contributed by atoms with Crippen molar-refractivity contribution >= 4 is 11.7 Å². The van der Waals surface area contributed by atoms with Crippen LogP contribution in [0.2, 0.25) is 0 Å². The van der Waals surface area contributed by atoms with E-state index in [-0.39, 0.29) is 11.8 Å². The van der Waals surface area contributed by atoms with E-state index in [1.165, 1.54) is 29.8 Å². The van der Waals surface area contributed by atoms with Crippen molar-refractivity contribution < 1.29 is 24.2 Å². The summed E-state index contributed by atoms with van der Waals surface area (Å²) in [6.45, 7) is 2.90. The normalized spacial score (nSPS) is 18.5. The molecule has 0 radical (unpaired) electrons. The number of esters is 1. The van der Waals surface area contributed by atoms with Gasteiger partial charge in [0.15, 0.2) is 5.75 Å². The third-order valence-corrected chi connectivity index (χ3v) is 5.03. The Kier molecular flexibility index (Phi) is 5.23. The maximum absolute atomic E-state index is 12.2. The van der Waals surface area contributed by atoms with Crippen molar-refractivity contribution in [2.24, 2.45) is 0 Å². The average molecular weight is 384 g/mol. The number of nitro benzene ring substituents is 1. The monoisotopic (exact) mass is 384 g/mol. The molecule has 2 aliphatic heterocycles. The molecule has 4 rings (SSSR count). The molecular weight excluding hydrogens is 364 g/mol. The van der Waals surface area contributed by atoms with Crippen molar-refractivity contribution in [1.82, 2.24) is 4.90 Å². The Morgan fingerprint density at radius 3 is 2.86 bits per heavy atom. The molecule has 0 aliphatic carbocycles. The Bertz CT molecular complexity index is 883. The number of hydrogen-bond acceptors (Lipinski definition) is 7. The van der Waals surface area contributed by atoms with E-state index in [9.17, 15) is 14.9 Å². The minimum Gasteiger partial charge on any atom is -0.457 e. The summed E-state index contributed by atoms with van der Waals surface area (Å²) in [6, 6.07) is 11.6. The molecule has 8 nitrogen and oxygen atoms in total. The number of nitrogens with zero attached hydrogens (tertiary/aromatic N) is 2. The molecule has 146 valence electrons. The van der Waals surface area contributed by atoms with Crippen LogP contribution < -0.4 is 4.89 Å². The van der Waals surface area contributed by atoms with Gasteiger partial charge in [0.1, 0.15) is 12.7 Å². The molecule has 0 amide bonds. The predicted molar refractivity (Wildman–Crippen MR) is 98.9 cm³/mol. The van der Waals surface area contributed by atoms with Crippen molar-refractivity contribution in [3.8, 4) is 5.75 Å². The van der Waals surface area contributed by atoms with Gasteiger partial charge in [-0.3, -0.25) is 15.0 Å². The molecule has 1 fully saturated rings. The quantitative estimate of drug-likeness (QED) is 0.327. The first kappa shape index (κ1) is 18.4. The lowest BCUT2D eigenvalue weighted by Gasteiger charge is -2.16. The highest BCUT2D eigenvalue weighted by Crippen LogP contribution is 2.27. The van der Waals surface area contributed by atoms with Gasteiger partial charge in [0.05, 0.1) is 10.5 Å². The largest absolute Gasteiger partial charge is 0.457 e. The predicted octanol–water partition coefficient (Wildman–Crippen LogP) is 2.89. The van der Waals surface area contributed by atoms with E-state index >= 15 is 0 Å². The molecule has 8 heteroatoms. The third kappa shape index (κ3) is 4.13. The van der Waals surface area contributed by atoms with Gasteiger partial charge in [-0.05, 0) is 36.6 Å². The lowest BCUT2D eigenvalue weighted by atomic mass is 10.1. The van der Waals surface area contributed by atoms with E-state index in [1.807, 2.05) is 12.1 Å². The van der Waals surface area contributed by atoms with Gasteiger partial charge in [-0.25, -0.2) is 4.79 Å². The zero-order chi connectivity index (χ0) is 19.5. The number of likely N-dealkylation sites (tertiary alicyclic amines) is 1. The number of non-ortho nitro benzene ring substituents is 1. The fourth-order valence-corrected chi connectivity index (χ4v) is 3.43. The van der Waals surface area contributed by atoms with Crippen molar-refractivity contribution in [1.29, 1.82) is 0 Å². The Balaban J connectivity index is 1.26. The van der Waals surface area contributed by atoms with Crippen molar-refractivity contribution in [2.45, 2.75) is 25.6 Å². The van der Waals surface area contributed by atoms with Gasteiger partial charge >= 0.3 is 5.97 Å². The molecule has 2 aliphatic rings. The summed E-state index contributed by atoms with van der Waals surface area (Å²) in [5, 5.41) is 10.7. The Morgan fingerprint density at radius 1 is 1.25 bits per heavy atom. The third-order valence-electron chi connectivity index (χ3n) is 5.03. The van der Waals surface area contributed by atoms with Gasteiger partial charge in [-0.2, -0.15) is 4.89 Å². The first-order valence-corrected chi connectivity index (χ1v) is 9.17. The number of carbonyl (C=O) groups excluding carboxylic acids is 1. The summed E-state index contributed by atoms with van der Waals surface area (Å²) in [7, 11) is 0. The van der Waals surface area contributed by atoms with Crippen LogP contribution in [0.25, 0.3) is 0 Å². The van der Waals surface area contributed by atoms with Crippen LogP contribution in [0.5, 0.6) is 5.75 Å². The van der Waals surface area contributed by atoms with E-state index in [0.717, 1.165) is 37.2 Å². The summed E-state index contributed by atoms with van der Waals surface area (Å²) in [6.07, 6.45) is 1.49. The molecular formula is C20H20N2O6. The number of fused-ring (bicyclic) bond motifs is 1. The molecule has 0 aromatic heterocycles. The fraction of sp³-hybridized carbons (Fsp3) is 0.350. The first-order valence-electron chi connectivity index (χ1n) is 9.17. The molecule has 0 spiro atoms. The van der Waals surface area contributed by atoms with E-state index in [0.29, 0.717) is 18.7 Å². The van der Waals surface area contributed by atoms with Crippen LogP contribution in [-0.2, 0) is 22.7 Å². The molecule has 28 heavy (non-hydrogen) atoms. The van der Waals surface area contributed by atoms with Gasteiger partial charge in [0.25, 0.3) is 5.69 Å². The van der Waals surface area contributed by atoms with Crippen LogP contribution >= 0.6 is 0 Å². The number of rotatable bonds is 6. The summed E-state index contributed by atoms with van der Waals surface area (Å²) < 4.78 is 5.55. The highest BCUT2D eigenvalue weighted by molar-refractivity contribution is 5.89. The highest BCUT2D eigenvalue weighted by atomic mass is 17.2. The molecule has 0 N–H and O–H groups in total. The lowest BCUT2D eigenvalue weighted by Crippen LogP contribution is -2.26. The van der Waals surface area contributed by atoms with Gasteiger partial charge in [-0.1, -0.05) is 12.1 Å². The molecule has 0 unspecified atom stereocenters. The lowest BCUT2D eigenvalue weighted by molar-refractivity contribution is -0.384. The molecule has 1 atom stereocenters. The first-order chi connectivity index (χ1) is 13.6. The summed E-state index contributed by atoms with van der Waals surface area (Å²) in [4.78, 5) is 34.8. The number of nitro groups is 1. The van der Waals surface area contributed by atoms with Gasteiger partial charge in [0, 0.05) is 37.3 Å². The van der Waals surface area contributed by atoms with Crippen molar-refractivity contribution in [3.05, 3.63) is 69.3 Å². The second-order valence-electron chi connectivity index (χ2n) is 6.96. The topological polar surface area (TPSA) is 91.1 Å². The maximum Gasteiger partial charge on any atom is 0.338 e. The van der Waals surface area contributed by atoms with E-state index in [2.05, 4.69) is 11.0 Å². The number of benzene rings is 2. The standard InChI is InChI=1S/C20H20N2O6/c23-20(15-3-5-17(6-4-15)22(24)25)27-18-8-10-21(12-18)9-7-14-1-2-16-13-26-28-19(16)11-14/h1-6,11,18H,7-10,12-13H2/t18-/m0/s1. The van der Waals surface area contributed by atoms with E-state index in [1.54, 1.807) is 0 Å². The zero-order valence-corrected chi connectivity index (χ0v) is 15.2. The second-order valence-corrected chi connectivity index (χ2v) is 6.96. The van der Waals surface area contributed by atoms with Crippen LogP contribution in [-0.4, -0.2) is 41.5 Å². The Labute approximate surface area is 161 Å². The van der Waals surface area contributed by atoms with Crippen molar-refractivity contribution in [2.75, 3.05) is 19.6 Å². The maximum atomic E-state index is 12.2. The average Bonchev–Trinajstić information content (AvgIpc) is 3.35. The molecule has 0 bridgehead atoms. The minimum atomic E-state index is -0.496. The highest BCUT2D eigenvalue weighted by Gasteiger charge is 2.26. The molecule has 2 aromatic carbocycles. The van der Waals surface area contributed by atoms with Gasteiger partial charge in [0.2, 0.25) is 0 Å². The van der Waals surface area contributed by atoms with Crippen LogP contribution in [0.15, 0.2) is 42.5 Å². The molecule has 2 heterocycles. The number of carbonyl (C=O) groups is 1. The number of hydrogen-bond donors (Lipinski definition) is 0. The van der Waals surface area contributed by atoms with Crippen LogP contribution in [0, 0.1) is 10.1 Å². The van der Waals surface area contributed by atoms with E-state index in [4.69, 9.17) is 14.5 Å². The van der Waals surface area contributed by atoms with Crippen molar-refractivity contribution in [3.63, 3.8) is 0 Å². The fourth-order valence-electron chi connectivity index (χ4n) is 3.43. The Morgan fingerprint density at radius 2 is 2.07 bits per heavy atom. The minimum absolute atomic E-state index is 0.0490. The molecule has 2 aromatic rings. The smallest absolute Gasteiger partial charge is 0.338 e. The van der Waals surface area contributed by atoms with Gasteiger partial charge in [-0.15, -0.1) is 0 Å². The number of ether oxygens (including phenoxy) is 1. The van der Waals surface area contributed by atoms with Crippen LogP contribution in [0.4, 0.5) is 5.69 Å². The van der Waals surface area contributed by atoms with Crippen LogP contribution in [0.3, 0.4) is 0 Å².